The highest BCUT2D eigenvalue weighted by molar-refractivity contribution is 7.71. The number of allylic oxidation sites excluding steroid dienone is 1. The lowest BCUT2D eigenvalue weighted by atomic mass is 10.2. The summed E-state index contributed by atoms with van der Waals surface area (Å²) in [5.41, 5.74) is 0.868. The Morgan fingerprint density at radius 1 is 1.29 bits per heavy atom. The van der Waals surface area contributed by atoms with Crippen LogP contribution in [0.1, 0.15) is 5.76 Å². The number of aromatic nitrogens is 3. The van der Waals surface area contributed by atoms with E-state index in [1.54, 1.807) is 12.2 Å². The van der Waals surface area contributed by atoms with Gasteiger partial charge in [0.25, 0.3) is 0 Å². The SMILES string of the molecule is O=[N+]([O-])c1ccc(/C=C/C=N\n2c(-c3ccccc3)n[nH]c2=S)o1. The zero-order chi connectivity index (χ0) is 16.9. The molecule has 3 aromatic rings. The van der Waals surface area contributed by atoms with Crippen LogP contribution in [0.3, 0.4) is 0 Å². The van der Waals surface area contributed by atoms with Gasteiger partial charge in [0.2, 0.25) is 4.77 Å². The lowest BCUT2D eigenvalue weighted by Gasteiger charge is -1.99. The normalized spacial score (nSPS) is 11.5. The molecule has 120 valence electrons. The zero-order valence-corrected chi connectivity index (χ0v) is 13.0. The van der Waals surface area contributed by atoms with E-state index in [-0.39, 0.29) is 5.88 Å². The Morgan fingerprint density at radius 2 is 2.08 bits per heavy atom. The predicted octanol–water partition coefficient (Wildman–Crippen LogP) is 3.66. The van der Waals surface area contributed by atoms with E-state index in [1.165, 1.54) is 23.0 Å². The average Bonchev–Trinajstić information content (AvgIpc) is 3.20. The molecule has 3 rings (SSSR count). The number of rotatable bonds is 5. The van der Waals surface area contributed by atoms with E-state index in [0.29, 0.717) is 16.4 Å². The average molecular weight is 341 g/mol. The summed E-state index contributed by atoms with van der Waals surface area (Å²) in [5, 5.41) is 21.6. The number of H-pyrrole nitrogens is 1. The molecule has 0 spiro atoms. The molecule has 1 N–H and O–H groups in total. The van der Waals surface area contributed by atoms with Gasteiger partial charge < -0.3 is 4.42 Å². The molecule has 0 radical (unpaired) electrons. The molecular weight excluding hydrogens is 330 g/mol. The van der Waals surface area contributed by atoms with Crippen LogP contribution in [-0.4, -0.2) is 26.0 Å². The highest BCUT2D eigenvalue weighted by Crippen LogP contribution is 2.17. The van der Waals surface area contributed by atoms with Gasteiger partial charge in [-0.2, -0.15) is 14.9 Å². The fraction of sp³-hybridized carbons (Fsp3) is 0. The molecule has 2 aromatic heterocycles. The van der Waals surface area contributed by atoms with Crippen LogP contribution in [-0.2, 0) is 0 Å². The first-order valence-electron chi connectivity index (χ1n) is 6.83. The monoisotopic (exact) mass is 341 g/mol. The van der Waals surface area contributed by atoms with Crippen LogP contribution in [0.5, 0.6) is 0 Å². The molecule has 0 bridgehead atoms. The molecule has 2 heterocycles. The second-order valence-electron chi connectivity index (χ2n) is 4.59. The molecule has 9 heteroatoms. The van der Waals surface area contributed by atoms with Crippen molar-refractivity contribution in [1.82, 2.24) is 14.9 Å². The van der Waals surface area contributed by atoms with E-state index in [1.807, 2.05) is 30.3 Å². The first-order valence-corrected chi connectivity index (χ1v) is 7.24. The Bertz CT molecular complexity index is 968. The molecule has 0 aliphatic carbocycles. The van der Waals surface area contributed by atoms with Gasteiger partial charge >= 0.3 is 5.88 Å². The van der Waals surface area contributed by atoms with E-state index < -0.39 is 4.92 Å². The third kappa shape index (κ3) is 3.36. The third-order valence-corrected chi connectivity index (χ3v) is 3.27. The molecule has 0 aliphatic heterocycles. The number of nitrogens with one attached hydrogen (secondary N) is 1. The van der Waals surface area contributed by atoms with Crippen molar-refractivity contribution < 1.29 is 9.34 Å². The number of hydrogen-bond donors (Lipinski definition) is 1. The smallest absolute Gasteiger partial charge is 0.401 e. The minimum absolute atomic E-state index is 0.310. The van der Waals surface area contributed by atoms with Crippen molar-refractivity contribution in [2.45, 2.75) is 0 Å². The topological polar surface area (TPSA) is 102 Å². The van der Waals surface area contributed by atoms with Gasteiger partial charge in [-0.15, -0.1) is 0 Å². The Balaban J connectivity index is 1.80. The number of hydrogen-bond acceptors (Lipinski definition) is 6. The minimum Gasteiger partial charge on any atom is -0.401 e. The molecule has 0 unspecified atom stereocenters. The van der Waals surface area contributed by atoms with Gasteiger partial charge in [0.1, 0.15) is 10.7 Å². The predicted molar refractivity (Wildman–Crippen MR) is 91.1 cm³/mol. The van der Waals surface area contributed by atoms with Crippen molar-refractivity contribution in [1.29, 1.82) is 0 Å². The first kappa shape index (κ1) is 15.6. The van der Waals surface area contributed by atoms with Gasteiger partial charge in [0.15, 0.2) is 5.82 Å². The molecular formula is C15H11N5O3S. The van der Waals surface area contributed by atoms with Crippen molar-refractivity contribution in [3.63, 3.8) is 0 Å². The first-order chi connectivity index (χ1) is 11.6. The van der Waals surface area contributed by atoms with Crippen molar-refractivity contribution in [3.8, 4) is 11.4 Å². The van der Waals surface area contributed by atoms with Crippen LogP contribution < -0.4 is 0 Å². The standard InChI is InChI=1S/C15H11N5O3S/c21-20(22)13-9-8-12(23-13)7-4-10-16-19-14(17-18-15(19)24)11-5-2-1-3-6-11/h1-10H,(H,18,24)/b7-4+,16-10-. The summed E-state index contributed by atoms with van der Waals surface area (Å²) in [6.45, 7) is 0. The van der Waals surface area contributed by atoms with Crippen LogP contribution in [0.2, 0.25) is 0 Å². The second-order valence-corrected chi connectivity index (χ2v) is 4.97. The number of nitrogens with zero attached hydrogens (tertiary/aromatic N) is 4. The highest BCUT2D eigenvalue weighted by atomic mass is 32.1. The largest absolute Gasteiger partial charge is 0.433 e. The van der Waals surface area contributed by atoms with Gasteiger partial charge in [0.05, 0.1) is 6.07 Å². The van der Waals surface area contributed by atoms with Crippen molar-refractivity contribution in [2.24, 2.45) is 5.10 Å². The Kier molecular flexibility index (Phi) is 4.43. The van der Waals surface area contributed by atoms with Crippen LogP contribution >= 0.6 is 12.2 Å². The van der Waals surface area contributed by atoms with Crippen LogP contribution in [0, 0.1) is 14.9 Å². The fourth-order valence-electron chi connectivity index (χ4n) is 1.95. The number of nitro groups is 1. The Morgan fingerprint density at radius 3 is 2.79 bits per heavy atom. The van der Waals surface area contributed by atoms with Crippen molar-refractivity contribution in [2.75, 3.05) is 0 Å². The second kappa shape index (κ2) is 6.84. The summed E-state index contributed by atoms with van der Waals surface area (Å²) < 4.78 is 6.85. The maximum absolute atomic E-state index is 10.5. The third-order valence-electron chi connectivity index (χ3n) is 3.00. The van der Waals surface area contributed by atoms with Gasteiger partial charge in [-0.1, -0.05) is 30.3 Å². The molecule has 8 nitrogen and oxygen atoms in total. The summed E-state index contributed by atoms with van der Waals surface area (Å²) in [6.07, 6.45) is 4.64. The van der Waals surface area contributed by atoms with E-state index in [9.17, 15) is 10.1 Å². The number of benzene rings is 1. The van der Waals surface area contributed by atoms with E-state index in [0.717, 1.165) is 5.56 Å². The highest BCUT2D eigenvalue weighted by Gasteiger charge is 2.09. The number of aromatic amines is 1. The lowest BCUT2D eigenvalue weighted by molar-refractivity contribution is -0.402. The van der Waals surface area contributed by atoms with E-state index >= 15 is 0 Å². The van der Waals surface area contributed by atoms with E-state index in [4.69, 9.17) is 16.6 Å². The molecule has 0 saturated heterocycles. The summed E-state index contributed by atoms with van der Waals surface area (Å²) in [5.74, 6) is 0.626. The lowest BCUT2D eigenvalue weighted by Crippen LogP contribution is -1.93. The van der Waals surface area contributed by atoms with Gasteiger partial charge in [-0.25, -0.2) is 5.10 Å². The van der Waals surface area contributed by atoms with Crippen LogP contribution in [0.4, 0.5) is 5.88 Å². The molecule has 24 heavy (non-hydrogen) atoms. The summed E-state index contributed by atoms with van der Waals surface area (Å²) in [6, 6.07) is 12.3. The maximum Gasteiger partial charge on any atom is 0.433 e. The van der Waals surface area contributed by atoms with E-state index in [2.05, 4.69) is 15.3 Å². The Hall–Kier alpha value is -3.33. The van der Waals surface area contributed by atoms with Crippen molar-refractivity contribution in [3.05, 3.63) is 69.2 Å². The molecule has 0 atom stereocenters. The van der Waals surface area contributed by atoms with Crippen molar-refractivity contribution >= 4 is 30.4 Å². The molecule has 0 fully saturated rings. The summed E-state index contributed by atoms with van der Waals surface area (Å²) in [4.78, 5) is 9.95. The van der Waals surface area contributed by atoms with Gasteiger partial charge in [-0.05, 0) is 30.4 Å². The molecule has 1 aromatic carbocycles. The zero-order valence-electron chi connectivity index (χ0n) is 12.2. The quantitative estimate of drug-likeness (QED) is 0.330. The Labute approximate surface area is 140 Å². The molecule has 0 aliphatic rings. The van der Waals surface area contributed by atoms with Crippen LogP contribution in [0.25, 0.3) is 17.5 Å². The number of furan rings is 1. The molecule has 0 saturated carbocycles. The fourth-order valence-corrected chi connectivity index (χ4v) is 2.13. The van der Waals surface area contributed by atoms with Gasteiger partial charge in [-0.3, -0.25) is 10.1 Å². The minimum atomic E-state index is -0.595. The summed E-state index contributed by atoms with van der Waals surface area (Å²) >= 11 is 5.16. The maximum atomic E-state index is 10.5. The van der Waals surface area contributed by atoms with Gasteiger partial charge in [0, 0.05) is 11.8 Å². The summed E-state index contributed by atoms with van der Waals surface area (Å²) in [7, 11) is 0. The molecule has 0 amide bonds. The van der Waals surface area contributed by atoms with Crippen LogP contribution in [0.15, 0.2) is 58.1 Å².